The molecule has 1 unspecified atom stereocenters. The van der Waals surface area contributed by atoms with Crippen molar-refractivity contribution in [1.82, 2.24) is 9.62 Å². The van der Waals surface area contributed by atoms with E-state index in [1.54, 1.807) is 23.6 Å². The van der Waals surface area contributed by atoms with Gasteiger partial charge in [0.2, 0.25) is 15.9 Å². The summed E-state index contributed by atoms with van der Waals surface area (Å²) >= 11 is 1.12. The second kappa shape index (κ2) is 8.42. The maximum absolute atomic E-state index is 12.8. The number of hydrogen-bond acceptors (Lipinski definition) is 5. The van der Waals surface area contributed by atoms with Crippen LogP contribution in [0, 0.1) is 0 Å². The first kappa shape index (κ1) is 20.5. The Morgan fingerprint density at radius 2 is 1.89 bits per heavy atom. The summed E-state index contributed by atoms with van der Waals surface area (Å²) in [5.74, 6) is -0.602. The molecule has 1 aliphatic heterocycles. The van der Waals surface area contributed by atoms with Crippen LogP contribution in [-0.2, 0) is 14.8 Å². The first-order chi connectivity index (χ1) is 13.3. The van der Waals surface area contributed by atoms with Crippen LogP contribution in [0.5, 0.6) is 0 Å². The first-order valence-electron chi connectivity index (χ1n) is 9.05. The predicted molar refractivity (Wildman–Crippen MR) is 109 cm³/mol. The van der Waals surface area contributed by atoms with Crippen molar-refractivity contribution in [2.45, 2.75) is 37.6 Å². The van der Waals surface area contributed by atoms with E-state index >= 15 is 0 Å². The Morgan fingerprint density at radius 1 is 1.18 bits per heavy atom. The Balaban J connectivity index is 1.77. The Kier molecular flexibility index (Phi) is 6.17. The average molecular weight is 422 g/mol. The largest absolute Gasteiger partial charge is 0.345 e. The molecule has 1 saturated heterocycles. The molecule has 0 saturated carbocycles. The zero-order valence-corrected chi connectivity index (χ0v) is 17.4. The van der Waals surface area contributed by atoms with Crippen LogP contribution in [0.25, 0.3) is 0 Å². The smallest absolute Gasteiger partial charge is 0.263 e. The third-order valence-corrected chi connectivity index (χ3v) is 7.56. The van der Waals surface area contributed by atoms with Gasteiger partial charge in [-0.15, -0.1) is 11.3 Å². The van der Waals surface area contributed by atoms with E-state index in [2.05, 4.69) is 10.6 Å². The van der Waals surface area contributed by atoms with Gasteiger partial charge in [0.05, 0.1) is 6.04 Å². The van der Waals surface area contributed by atoms with Crippen molar-refractivity contribution in [1.29, 1.82) is 0 Å². The van der Waals surface area contributed by atoms with Gasteiger partial charge in [-0.3, -0.25) is 9.59 Å². The number of anilines is 1. The Morgan fingerprint density at radius 3 is 2.57 bits per heavy atom. The Bertz CT molecular complexity index is 979. The van der Waals surface area contributed by atoms with Gasteiger partial charge in [0.15, 0.2) is 0 Å². The van der Waals surface area contributed by atoms with Crippen LogP contribution in [0.3, 0.4) is 0 Å². The number of amides is 2. The number of carbonyl (C=O) groups is 2. The fraction of sp³-hybridized carbons (Fsp3) is 0.368. The number of carbonyl (C=O) groups excluding carboxylic acids is 2. The highest BCUT2D eigenvalue weighted by atomic mass is 32.2. The molecule has 2 amide bonds. The summed E-state index contributed by atoms with van der Waals surface area (Å²) in [5, 5.41) is 7.19. The number of benzene rings is 1. The Labute approximate surface area is 168 Å². The molecular formula is C19H23N3O4S2. The first-order valence-corrected chi connectivity index (χ1v) is 11.4. The van der Waals surface area contributed by atoms with Crippen molar-refractivity contribution in [2.75, 3.05) is 18.4 Å². The molecule has 28 heavy (non-hydrogen) atoms. The maximum atomic E-state index is 12.8. The molecule has 2 aromatic rings. The fourth-order valence-electron chi connectivity index (χ4n) is 3.17. The van der Waals surface area contributed by atoms with E-state index < -0.39 is 15.9 Å². The van der Waals surface area contributed by atoms with Crippen LogP contribution in [0.15, 0.2) is 40.6 Å². The maximum Gasteiger partial charge on any atom is 0.263 e. The van der Waals surface area contributed by atoms with E-state index in [1.807, 2.05) is 13.0 Å². The molecule has 1 atom stereocenters. The van der Waals surface area contributed by atoms with E-state index in [1.165, 1.54) is 17.3 Å². The van der Waals surface area contributed by atoms with Gasteiger partial charge in [-0.2, -0.15) is 4.31 Å². The minimum absolute atomic E-state index is 0.0658. The predicted octanol–water partition coefficient (Wildman–Crippen LogP) is 2.98. The highest BCUT2D eigenvalue weighted by Crippen LogP contribution is 2.28. The molecule has 2 N–H and O–H groups in total. The summed E-state index contributed by atoms with van der Waals surface area (Å²) in [4.78, 5) is 24.3. The van der Waals surface area contributed by atoms with Crippen LogP contribution in [0.1, 0.15) is 48.0 Å². The molecule has 0 spiro atoms. The molecule has 0 radical (unpaired) electrons. The van der Waals surface area contributed by atoms with Crippen molar-refractivity contribution >= 4 is 38.9 Å². The summed E-state index contributed by atoms with van der Waals surface area (Å²) in [6.07, 6.45) is 1.68. The zero-order valence-electron chi connectivity index (χ0n) is 15.8. The van der Waals surface area contributed by atoms with Crippen LogP contribution < -0.4 is 10.6 Å². The standard InChI is InChI=1S/C19H23N3O4S2/c1-13(15-6-5-7-16(12-15)21-14(2)23)20-19(24)18-17(8-11-27-18)28(25,26)22-9-3-4-10-22/h5-8,11-13H,3-4,9-10H2,1-2H3,(H,20,24)(H,21,23). The molecule has 3 rings (SSSR count). The number of rotatable bonds is 6. The molecule has 1 fully saturated rings. The highest BCUT2D eigenvalue weighted by Gasteiger charge is 2.32. The number of thiophene rings is 1. The summed E-state index contributed by atoms with van der Waals surface area (Å²) in [6, 6.07) is 8.31. The van der Waals surface area contributed by atoms with Gasteiger partial charge < -0.3 is 10.6 Å². The molecule has 0 aliphatic carbocycles. The summed E-state index contributed by atoms with van der Waals surface area (Å²) in [7, 11) is -3.66. The van der Waals surface area contributed by atoms with Crippen LogP contribution in [-0.4, -0.2) is 37.6 Å². The summed E-state index contributed by atoms with van der Waals surface area (Å²) in [5.41, 5.74) is 1.44. The van der Waals surface area contributed by atoms with Crippen LogP contribution in [0.2, 0.25) is 0 Å². The zero-order chi connectivity index (χ0) is 20.3. The lowest BCUT2D eigenvalue weighted by atomic mass is 10.1. The van der Waals surface area contributed by atoms with Crippen LogP contribution >= 0.6 is 11.3 Å². The van der Waals surface area contributed by atoms with Gasteiger partial charge in [-0.1, -0.05) is 12.1 Å². The van der Waals surface area contributed by atoms with Gasteiger partial charge in [-0.25, -0.2) is 8.42 Å². The lowest BCUT2D eigenvalue weighted by molar-refractivity contribution is -0.114. The SMILES string of the molecule is CC(=O)Nc1cccc(C(C)NC(=O)c2sccc2S(=O)(=O)N2CCCC2)c1. The van der Waals surface area contributed by atoms with E-state index in [-0.39, 0.29) is 21.7 Å². The monoisotopic (exact) mass is 421 g/mol. The van der Waals surface area contributed by atoms with Crippen molar-refractivity contribution in [3.8, 4) is 0 Å². The quantitative estimate of drug-likeness (QED) is 0.750. The molecule has 9 heteroatoms. The van der Waals surface area contributed by atoms with Gasteiger partial charge in [0, 0.05) is 25.7 Å². The van der Waals surface area contributed by atoms with Gasteiger partial charge >= 0.3 is 0 Å². The molecule has 0 bridgehead atoms. The van der Waals surface area contributed by atoms with Gasteiger partial charge in [-0.05, 0) is 48.9 Å². The normalized spacial score (nSPS) is 15.9. The average Bonchev–Trinajstić information content (AvgIpc) is 3.33. The van der Waals surface area contributed by atoms with E-state index in [0.29, 0.717) is 18.8 Å². The molecule has 7 nitrogen and oxygen atoms in total. The molecule has 150 valence electrons. The van der Waals surface area contributed by atoms with E-state index in [9.17, 15) is 18.0 Å². The van der Waals surface area contributed by atoms with Crippen LogP contribution in [0.4, 0.5) is 5.69 Å². The number of nitrogens with one attached hydrogen (secondary N) is 2. The summed E-state index contributed by atoms with van der Waals surface area (Å²) < 4.78 is 27.1. The lowest BCUT2D eigenvalue weighted by Crippen LogP contribution is -2.31. The fourth-order valence-corrected chi connectivity index (χ4v) is 5.99. The second-order valence-electron chi connectivity index (χ2n) is 6.73. The molecule has 1 aliphatic rings. The van der Waals surface area contributed by atoms with E-state index in [4.69, 9.17) is 0 Å². The molecular weight excluding hydrogens is 398 g/mol. The number of sulfonamides is 1. The minimum Gasteiger partial charge on any atom is -0.345 e. The third-order valence-electron chi connectivity index (χ3n) is 4.57. The molecule has 2 heterocycles. The third kappa shape index (κ3) is 4.43. The number of hydrogen-bond donors (Lipinski definition) is 2. The second-order valence-corrected chi connectivity index (χ2v) is 9.55. The van der Waals surface area contributed by atoms with Crippen molar-refractivity contribution < 1.29 is 18.0 Å². The van der Waals surface area contributed by atoms with Crippen molar-refractivity contribution in [2.24, 2.45) is 0 Å². The molecule has 1 aromatic carbocycles. The number of nitrogens with zero attached hydrogens (tertiary/aromatic N) is 1. The molecule has 1 aromatic heterocycles. The van der Waals surface area contributed by atoms with Gasteiger partial charge in [0.25, 0.3) is 5.91 Å². The van der Waals surface area contributed by atoms with Gasteiger partial charge in [0.1, 0.15) is 9.77 Å². The minimum atomic E-state index is -3.66. The lowest BCUT2D eigenvalue weighted by Gasteiger charge is -2.18. The Hall–Kier alpha value is -2.23. The van der Waals surface area contributed by atoms with Crippen molar-refractivity contribution in [3.05, 3.63) is 46.2 Å². The topological polar surface area (TPSA) is 95.6 Å². The summed E-state index contributed by atoms with van der Waals surface area (Å²) in [6.45, 7) is 4.22. The van der Waals surface area contributed by atoms with Crippen molar-refractivity contribution in [3.63, 3.8) is 0 Å². The highest BCUT2D eigenvalue weighted by molar-refractivity contribution is 7.89. The van der Waals surface area contributed by atoms with E-state index in [0.717, 1.165) is 29.7 Å².